The summed E-state index contributed by atoms with van der Waals surface area (Å²) in [5.74, 6) is -0.930. The average molecular weight is 333 g/mol. The summed E-state index contributed by atoms with van der Waals surface area (Å²) in [6, 6.07) is 16.1. The van der Waals surface area contributed by atoms with Crippen LogP contribution in [0.5, 0.6) is 0 Å². The number of nitrogens with one attached hydrogen (secondary N) is 1. The van der Waals surface area contributed by atoms with Crippen LogP contribution in [0.1, 0.15) is 20.7 Å². The Morgan fingerprint density at radius 2 is 1.40 bits per heavy atom. The van der Waals surface area contributed by atoms with Crippen LogP contribution in [-0.4, -0.2) is 21.7 Å². The number of hydrogen-bond donors (Lipinski definition) is 1. The van der Waals surface area contributed by atoms with Gasteiger partial charge >= 0.3 is 0 Å². The van der Waals surface area contributed by atoms with Crippen LogP contribution in [0.3, 0.4) is 0 Å². The van der Waals surface area contributed by atoms with Crippen LogP contribution in [0, 0.1) is 10.1 Å². The first kappa shape index (κ1) is 14.8. The van der Waals surface area contributed by atoms with Crippen molar-refractivity contribution in [3.8, 4) is 0 Å². The molecule has 25 heavy (non-hydrogen) atoms. The summed E-state index contributed by atoms with van der Waals surface area (Å²) in [5, 5.41) is 13.1. The van der Waals surface area contributed by atoms with Crippen molar-refractivity contribution < 1.29 is 14.5 Å². The first-order chi connectivity index (χ1) is 12.1. The van der Waals surface area contributed by atoms with Gasteiger partial charge in [-0.1, -0.05) is 24.3 Å². The molecule has 0 aliphatic carbocycles. The van der Waals surface area contributed by atoms with Gasteiger partial charge in [0, 0.05) is 17.5 Å². The van der Waals surface area contributed by atoms with Crippen LogP contribution in [0.4, 0.5) is 11.4 Å². The second-order valence-electron chi connectivity index (χ2n) is 5.57. The lowest BCUT2D eigenvalue weighted by molar-refractivity contribution is -0.384. The highest BCUT2D eigenvalue weighted by Gasteiger charge is 2.33. The Kier molecular flexibility index (Phi) is 3.21. The zero-order chi connectivity index (χ0) is 17.6. The minimum atomic E-state index is -0.516. The largest absolute Gasteiger partial charge is 0.288 e. The van der Waals surface area contributed by atoms with Crippen LogP contribution in [0.2, 0.25) is 0 Å². The number of anilines is 1. The van der Waals surface area contributed by atoms with Gasteiger partial charge in [-0.3, -0.25) is 25.1 Å². The van der Waals surface area contributed by atoms with Crippen molar-refractivity contribution in [1.82, 2.24) is 5.01 Å². The zero-order valence-corrected chi connectivity index (χ0v) is 12.8. The third-order valence-electron chi connectivity index (χ3n) is 4.09. The van der Waals surface area contributed by atoms with E-state index in [0.29, 0.717) is 22.2 Å². The first-order valence-electron chi connectivity index (χ1n) is 7.48. The zero-order valence-electron chi connectivity index (χ0n) is 12.8. The predicted octanol–water partition coefficient (Wildman–Crippen LogP) is 3.37. The van der Waals surface area contributed by atoms with E-state index in [1.165, 1.54) is 24.3 Å². The summed E-state index contributed by atoms with van der Waals surface area (Å²) in [6.07, 6.45) is 0. The fraction of sp³-hybridized carbons (Fsp3) is 0. The molecule has 3 aromatic carbocycles. The lowest BCUT2D eigenvalue weighted by Gasteiger charge is -2.27. The van der Waals surface area contributed by atoms with E-state index in [1.807, 2.05) is 12.1 Å². The van der Waals surface area contributed by atoms with Gasteiger partial charge in [0.05, 0.1) is 21.7 Å². The van der Waals surface area contributed by atoms with E-state index in [9.17, 15) is 19.7 Å². The van der Waals surface area contributed by atoms with Crippen molar-refractivity contribution in [2.45, 2.75) is 0 Å². The van der Waals surface area contributed by atoms with E-state index < -0.39 is 16.7 Å². The second-order valence-corrected chi connectivity index (χ2v) is 5.57. The molecule has 1 aliphatic heterocycles. The van der Waals surface area contributed by atoms with Crippen molar-refractivity contribution in [3.63, 3.8) is 0 Å². The van der Waals surface area contributed by atoms with E-state index >= 15 is 0 Å². The van der Waals surface area contributed by atoms with Crippen LogP contribution >= 0.6 is 0 Å². The number of carbonyl (C=O) groups excluding carboxylic acids is 2. The van der Waals surface area contributed by atoms with E-state index in [1.54, 1.807) is 24.3 Å². The minimum absolute atomic E-state index is 0.0723. The normalized spacial score (nSPS) is 13.2. The van der Waals surface area contributed by atoms with Crippen LogP contribution in [0.25, 0.3) is 10.8 Å². The summed E-state index contributed by atoms with van der Waals surface area (Å²) >= 11 is 0. The van der Waals surface area contributed by atoms with Crippen molar-refractivity contribution >= 4 is 34.0 Å². The number of hydrazine groups is 1. The molecule has 0 radical (unpaired) electrons. The highest BCUT2D eigenvalue weighted by molar-refractivity contribution is 6.25. The summed E-state index contributed by atoms with van der Waals surface area (Å²) in [7, 11) is 0. The molecule has 7 nitrogen and oxygen atoms in total. The molecule has 0 saturated heterocycles. The minimum Gasteiger partial charge on any atom is -0.288 e. The molecule has 0 spiro atoms. The summed E-state index contributed by atoms with van der Waals surface area (Å²) in [5.41, 5.74) is 3.94. The Bertz CT molecular complexity index is 993. The Hall–Kier alpha value is -3.74. The lowest BCUT2D eigenvalue weighted by atomic mass is 9.95. The molecule has 7 heteroatoms. The van der Waals surface area contributed by atoms with E-state index in [2.05, 4.69) is 5.43 Å². The highest BCUT2D eigenvalue weighted by Crippen LogP contribution is 2.30. The maximum atomic E-state index is 12.7. The van der Waals surface area contributed by atoms with Crippen molar-refractivity contribution in [2.24, 2.45) is 0 Å². The lowest BCUT2D eigenvalue weighted by Crippen LogP contribution is -2.44. The predicted molar refractivity (Wildman–Crippen MR) is 91.2 cm³/mol. The average Bonchev–Trinajstić information content (AvgIpc) is 2.63. The summed E-state index contributed by atoms with van der Waals surface area (Å²) in [6.45, 7) is 0. The van der Waals surface area contributed by atoms with Crippen LogP contribution in [-0.2, 0) is 0 Å². The number of benzene rings is 3. The monoisotopic (exact) mass is 333 g/mol. The standard InChI is InChI=1S/C18H11N3O4/c22-17-14-5-1-3-11-4-2-6-15(16(11)14)18(23)20(17)19-12-7-9-13(10-8-12)21(24)25/h1-10,19H. The van der Waals surface area contributed by atoms with Crippen LogP contribution in [0.15, 0.2) is 60.7 Å². The molecule has 0 aromatic heterocycles. The number of non-ortho nitro benzene ring substituents is 1. The maximum absolute atomic E-state index is 12.7. The highest BCUT2D eigenvalue weighted by atomic mass is 16.6. The van der Waals surface area contributed by atoms with E-state index in [-0.39, 0.29) is 5.69 Å². The molecule has 4 rings (SSSR count). The fourth-order valence-corrected chi connectivity index (χ4v) is 2.92. The third-order valence-corrected chi connectivity index (χ3v) is 4.09. The van der Waals surface area contributed by atoms with Gasteiger partial charge in [0.15, 0.2) is 0 Å². The SMILES string of the molecule is O=C1c2cccc3cccc(c23)C(=O)N1Nc1ccc([N+](=O)[O-])cc1. The molecule has 0 fully saturated rings. The van der Waals surface area contributed by atoms with Gasteiger partial charge in [-0.15, -0.1) is 0 Å². The van der Waals surface area contributed by atoms with Crippen LogP contribution < -0.4 is 5.43 Å². The molecule has 1 N–H and O–H groups in total. The van der Waals surface area contributed by atoms with Gasteiger partial charge in [0.1, 0.15) is 0 Å². The summed E-state index contributed by atoms with van der Waals surface area (Å²) in [4.78, 5) is 35.7. The number of nitrogens with zero attached hydrogens (tertiary/aromatic N) is 2. The van der Waals surface area contributed by atoms with Gasteiger partial charge in [-0.05, 0) is 29.7 Å². The van der Waals surface area contributed by atoms with E-state index in [0.717, 1.165) is 10.4 Å². The number of imide groups is 1. The number of carbonyl (C=O) groups is 2. The number of nitro groups is 1. The fourth-order valence-electron chi connectivity index (χ4n) is 2.92. The van der Waals surface area contributed by atoms with Gasteiger partial charge < -0.3 is 0 Å². The molecule has 1 aliphatic rings. The van der Waals surface area contributed by atoms with Crippen molar-refractivity contribution in [3.05, 3.63) is 81.9 Å². The van der Waals surface area contributed by atoms with Gasteiger partial charge in [-0.25, -0.2) is 0 Å². The molecule has 2 amide bonds. The first-order valence-corrected chi connectivity index (χ1v) is 7.48. The number of nitro benzene ring substituents is 1. The third kappa shape index (κ3) is 2.29. The number of rotatable bonds is 3. The quantitative estimate of drug-likeness (QED) is 0.451. The Morgan fingerprint density at radius 3 is 1.92 bits per heavy atom. The second kappa shape index (κ2) is 5.41. The molecule has 0 atom stereocenters. The molecule has 0 saturated carbocycles. The van der Waals surface area contributed by atoms with Crippen molar-refractivity contribution in [1.29, 1.82) is 0 Å². The molecular weight excluding hydrogens is 322 g/mol. The smallest absolute Gasteiger partial charge is 0.280 e. The molecular formula is C18H11N3O4. The van der Waals surface area contributed by atoms with E-state index in [4.69, 9.17) is 0 Å². The van der Waals surface area contributed by atoms with Gasteiger partial charge in [0.2, 0.25) is 0 Å². The van der Waals surface area contributed by atoms with Crippen molar-refractivity contribution in [2.75, 3.05) is 5.43 Å². The van der Waals surface area contributed by atoms with Gasteiger partial charge in [-0.2, -0.15) is 5.01 Å². The topological polar surface area (TPSA) is 92.6 Å². The van der Waals surface area contributed by atoms with Gasteiger partial charge in [0.25, 0.3) is 17.5 Å². The summed E-state index contributed by atoms with van der Waals surface area (Å²) < 4.78 is 0. The molecule has 3 aromatic rings. The Balaban J connectivity index is 1.74. The Labute approximate surface area is 141 Å². The maximum Gasteiger partial charge on any atom is 0.280 e. The molecule has 1 heterocycles. The number of hydrogen-bond acceptors (Lipinski definition) is 5. The molecule has 0 unspecified atom stereocenters. The molecule has 122 valence electrons. The Morgan fingerprint density at radius 1 is 0.840 bits per heavy atom. The number of amides is 2. The molecule has 0 bridgehead atoms.